The van der Waals surface area contributed by atoms with E-state index < -0.39 is 0 Å². The summed E-state index contributed by atoms with van der Waals surface area (Å²) in [4.78, 5) is 6.17. The SMILES string of the molecule is Fc1cccnc1N1CCC(NCc2cc3n(n2)CCC3)C1. The lowest BCUT2D eigenvalue weighted by atomic mass is 10.2. The monoisotopic (exact) mass is 301 g/mol. The van der Waals surface area contributed by atoms with Crippen molar-refractivity contribution in [2.75, 3.05) is 18.0 Å². The van der Waals surface area contributed by atoms with Crippen LogP contribution in [0.1, 0.15) is 24.2 Å². The quantitative estimate of drug-likeness (QED) is 0.934. The number of aromatic nitrogens is 3. The maximum absolute atomic E-state index is 13.8. The zero-order chi connectivity index (χ0) is 14.9. The van der Waals surface area contributed by atoms with Gasteiger partial charge in [0, 0.05) is 44.1 Å². The third kappa shape index (κ3) is 2.59. The number of anilines is 1. The molecular formula is C16H20FN5. The van der Waals surface area contributed by atoms with Crippen LogP contribution >= 0.6 is 0 Å². The van der Waals surface area contributed by atoms with Crippen molar-refractivity contribution >= 4 is 5.82 Å². The average Bonchev–Trinajstić information content (AvgIpc) is 3.21. The normalized spacial score (nSPS) is 20.6. The molecule has 22 heavy (non-hydrogen) atoms. The number of pyridine rings is 1. The summed E-state index contributed by atoms with van der Waals surface area (Å²) < 4.78 is 15.9. The van der Waals surface area contributed by atoms with Crippen LogP contribution in [0.25, 0.3) is 0 Å². The predicted molar refractivity (Wildman–Crippen MR) is 82.2 cm³/mol. The molecule has 1 unspecified atom stereocenters. The Hall–Kier alpha value is -1.95. The summed E-state index contributed by atoms with van der Waals surface area (Å²) >= 11 is 0. The Labute approximate surface area is 129 Å². The summed E-state index contributed by atoms with van der Waals surface area (Å²) in [5.74, 6) is 0.224. The van der Waals surface area contributed by atoms with Gasteiger partial charge >= 0.3 is 0 Å². The van der Waals surface area contributed by atoms with Gasteiger partial charge in [-0.2, -0.15) is 5.10 Å². The molecule has 2 aromatic heterocycles. The molecule has 0 radical (unpaired) electrons. The van der Waals surface area contributed by atoms with Crippen molar-refractivity contribution in [2.24, 2.45) is 0 Å². The van der Waals surface area contributed by atoms with Crippen LogP contribution in [0.15, 0.2) is 24.4 Å². The van der Waals surface area contributed by atoms with Gasteiger partial charge in [0.25, 0.3) is 0 Å². The number of aryl methyl sites for hydroxylation is 2. The number of hydrogen-bond acceptors (Lipinski definition) is 4. The van der Waals surface area contributed by atoms with Gasteiger partial charge < -0.3 is 10.2 Å². The Kier molecular flexibility index (Phi) is 3.54. The third-order valence-corrected chi connectivity index (χ3v) is 4.52. The zero-order valence-electron chi connectivity index (χ0n) is 12.5. The van der Waals surface area contributed by atoms with Crippen LogP contribution in [0.2, 0.25) is 0 Å². The van der Waals surface area contributed by atoms with Gasteiger partial charge in [-0.25, -0.2) is 9.37 Å². The Bertz CT molecular complexity index is 647. The molecule has 5 nitrogen and oxygen atoms in total. The van der Waals surface area contributed by atoms with Crippen LogP contribution in [0.5, 0.6) is 0 Å². The molecule has 0 spiro atoms. The lowest BCUT2D eigenvalue weighted by Gasteiger charge is -2.18. The molecule has 2 aliphatic rings. The van der Waals surface area contributed by atoms with Crippen molar-refractivity contribution in [2.45, 2.75) is 38.4 Å². The average molecular weight is 301 g/mol. The molecule has 0 saturated carbocycles. The van der Waals surface area contributed by atoms with E-state index in [1.165, 1.54) is 18.2 Å². The molecule has 0 aromatic carbocycles. The highest BCUT2D eigenvalue weighted by Gasteiger charge is 2.25. The highest BCUT2D eigenvalue weighted by Crippen LogP contribution is 2.21. The van der Waals surface area contributed by atoms with Gasteiger partial charge in [0.1, 0.15) is 0 Å². The van der Waals surface area contributed by atoms with Crippen molar-refractivity contribution in [3.05, 3.63) is 41.6 Å². The van der Waals surface area contributed by atoms with Crippen molar-refractivity contribution < 1.29 is 4.39 Å². The lowest BCUT2D eigenvalue weighted by Crippen LogP contribution is -2.32. The summed E-state index contributed by atoms with van der Waals surface area (Å²) in [5.41, 5.74) is 2.46. The highest BCUT2D eigenvalue weighted by atomic mass is 19.1. The van der Waals surface area contributed by atoms with E-state index in [4.69, 9.17) is 0 Å². The van der Waals surface area contributed by atoms with Gasteiger partial charge in [0.15, 0.2) is 11.6 Å². The third-order valence-electron chi connectivity index (χ3n) is 4.52. The Morgan fingerprint density at radius 3 is 3.18 bits per heavy atom. The van der Waals surface area contributed by atoms with Crippen molar-refractivity contribution in [3.8, 4) is 0 Å². The molecule has 116 valence electrons. The van der Waals surface area contributed by atoms with E-state index in [9.17, 15) is 4.39 Å². The van der Waals surface area contributed by atoms with Crippen LogP contribution in [0.3, 0.4) is 0 Å². The van der Waals surface area contributed by atoms with Gasteiger partial charge in [-0.1, -0.05) is 0 Å². The fourth-order valence-electron chi connectivity index (χ4n) is 3.38. The predicted octanol–water partition coefficient (Wildman–Crippen LogP) is 1.73. The first-order valence-electron chi connectivity index (χ1n) is 7.94. The van der Waals surface area contributed by atoms with Gasteiger partial charge in [-0.05, 0) is 37.5 Å². The molecule has 1 N–H and O–H groups in total. The standard InChI is InChI=1S/C16H20FN5/c17-15-4-1-6-18-16(15)21-8-5-12(11-21)19-10-13-9-14-3-2-7-22(14)20-13/h1,4,6,9,12,19H,2-3,5,7-8,10-11H2. The van der Waals surface area contributed by atoms with Crippen LogP contribution in [-0.4, -0.2) is 33.9 Å². The minimum absolute atomic E-state index is 0.242. The maximum Gasteiger partial charge on any atom is 0.165 e. The lowest BCUT2D eigenvalue weighted by molar-refractivity contribution is 0.536. The van der Waals surface area contributed by atoms with Gasteiger partial charge in [0.2, 0.25) is 0 Å². The minimum Gasteiger partial charge on any atom is -0.353 e. The fourth-order valence-corrected chi connectivity index (χ4v) is 3.38. The molecule has 4 rings (SSSR count). The van der Waals surface area contributed by atoms with Crippen LogP contribution < -0.4 is 10.2 Å². The molecule has 2 aliphatic heterocycles. The maximum atomic E-state index is 13.8. The van der Waals surface area contributed by atoms with Crippen molar-refractivity contribution in [1.29, 1.82) is 0 Å². The second kappa shape index (κ2) is 5.68. The molecule has 0 amide bonds. The summed E-state index contributed by atoms with van der Waals surface area (Å²) in [7, 11) is 0. The van der Waals surface area contributed by atoms with Gasteiger partial charge in [-0.3, -0.25) is 4.68 Å². The van der Waals surface area contributed by atoms with E-state index in [1.54, 1.807) is 12.3 Å². The molecule has 0 aliphatic carbocycles. The molecule has 0 bridgehead atoms. The Balaban J connectivity index is 1.34. The molecule has 4 heterocycles. The number of fused-ring (bicyclic) bond motifs is 1. The van der Waals surface area contributed by atoms with E-state index in [2.05, 4.69) is 26.1 Å². The number of halogens is 1. The van der Waals surface area contributed by atoms with Crippen LogP contribution in [0.4, 0.5) is 10.2 Å². The minimum atomic E-state index is -0.242. The van der Waals surface area contributed by atoms with Crippen LogP contribution in [0, 0.1) is 5.82 Å². The Morgan fingerprint density at radius 2 is 2.32 bits per heavy atom. The summed E-state index contributed by atoms with van der Waals surface area (Å²) in [6.07, 6.45) is 5.00. The number of hydrogen-bond donors (Lipinski definition) is 1. The van der Waals surface area contributed by atoms with E-state index in [-0.39, 0.29) is 5.82 Å². The van der Waals surface area contributed by atoms with E-state index >= 15 is 0 Å². The van der Waals surface area contributed by atoms with E-state index in [0.29, 0.717) is 11.9 Å². The van der Waals surface area contributed by atoms with E-state index in [1.807, 2.05) is 4.90 Å². The van der Waals surface area contributed by atoms with Gasteiger partial charge in [0.05, 0.1) is 5.69 Å². The summed E-state index contributed by atoms with van der Waals surface area (Å²) in [5, 5.41) is 8.15. The smallest absolute Gasteiger partial charge is 0.165 e. The first-order valence-corrected chi connectivity index (χ1v) is 7.94. The molecule has 1 saturated heterocycles. The topological polar surface area (TPSA) is 46.0 Å². The fraction of sp³-hybridized carbons (Fsp3) is 0.500. The Morgan fingerprint density at radius 1 is 1.36 bits per heavy atom. The first-order chi connectivity index (χ1) is 10.8. The largest absolute Gasteiger partial charge is 0.353 e. The number of nitrogens with one attached hydrogen (secondary N) is 1. The molecule has 6 heteroatoms. The summed E-state index contributed by atoms with van der Waals surface area (Å²) in [6.45, 7) is 3.46. The molecule has 2 aromatic rings. The van der Waals surface area contributed by atoms with Gasteiger partial charge in [-0.15, -0.1) is 0 Å². The second-order valence-corrected chi connectivity index (χ2v) is 6.08. The van der Waals surface area contributed by atoms with Crippen molar-refractivity contribution in [3.63, 3.8) is 0 Å². The molecular weight excluding hydrogens is 281 g/mol. The highest BCUT2D eigenvalue weighted by molar-refractivity contribution is 5.41. The number of rotatable bonds is 4. The first kappa shape index (κ1) is 13.7. The molecule has 1 atom stereocenters. The number of nitrogens with zero attached hydrogens (tertiary/aromatic N) is 4. The van der Waals surface area contributed by atoms with Crippen molar-refractivity contribution in [1.82, 2.24) is 20.1 Å². The zero-order valence-corrected chi connectivity index (χ0v) is 12.5. The summed E-state index contributed by atoms with van der Waals surface area (Å²) in [6, 6.07) is 5.65. The molecule has 1 fully saturated rings. The second-order valence-electron chi connectivity index (χ2n) is 6.08. The van der Waals surface area contributed by atoms with Crippen LogP contribution in [-0.2, 0) is 19.5 Å². The van der Waals surface area contributed by atoms with E-state index in [0.717, 1.165) is 44.7 Å².